The maximum absolute atomic E-state index is 12.1. The Morgan fingerprint density at radius 3 is 2.28 bits per heavy atom. The first-order valence-corrected chi connectivity index (χ1v) is 8.51. The molecule has 6 nitrogen and oxygen atoms in total. The molecule has 150 valence electrons. The van der Waals surface area contributed by atoms with E-state index in [1.807, 2.05) is 30.3 Å². The second-order valence-corrected chi connectivity index (χ2v) is 5.89. The molecule has 1 aromatic heterocycles. The Labute approximate surface area is 164 Å². The minimum absolute atomic E-state index is 0.0917. The molecule has 0 bridgehead atoms. The summed E-state index contributed by atoms with van der Waals surface area (Å²) >= 11 is 0. The minimum atomic E-state index is -4.74. The third-order valence-corrected chi connectivity index (χ3v) is 3.70. The van der Waals surface area contributed by atoms with Crippen molar-refractivity contribution in [3.05, 3.63) is 83.8 Å². The van der Waals surface area contributed by atoms with Crippen LogP contribution in [-0.4, -0.2) is 22.2 Å². The number of hydrogen-bond donors (Lipinski definition) is 1. The summed E-state index contributed by atoms with van der Waals surface area (Å²) in [5, 5.41) is 2.61. The van der Waals surface area contributed by atoms with E-state index in [1.54, 1.807) is 0 Å². The van der Waals surface area contributed by atoms with Crippen molar-refractivity contribution in [3.63, 3.8) is 0 Å². The van der Waals surface area contributed by atoms with E-state index in [2.05, 4.69) is 20.0 Å². The van der Waals surface area contributed by atoms with E-state index in [4.69, 9.17) is 4.74 Å². The van der Waals surface area contributed by atoms with Crippen molar-refractivity contribution in [2.45, 2.75) is 19.5 Å². The summed E-state index contributed by atoms with van der Waals surface area (Å²) < 4.78 is 45.7. The summed E-state index contributed by atoms with van der Waals surface area (Å²) in [6, 6.07) is 14.7. The number of carbonyl (C=O) groups is 1. The zero-order valence-electron chi connectivity index (χ0n) is 15.0. The number of ether oxygens (including phenoxy) is 2. The monoisotopic (exact) mass is 403 g/mol. The Kier molecular flexibility index (Phi) is 6.28. The van der Waals surface area contributed by atoms with Crippen molar-refractivity contribution in [1.82, 2.24) is 15.3 Å². The third kappa shape index (κ3) is 6.49. The fraction of sp³-hybridized carbons (Fsp3) is 0.150. The van der Waals surface area contributed by atoms with Crippen LogP contribution in [-0.2, 0) is 13.2 Å². The molecule has 0 saturated heterocycles. The molecule has 0 fully saturated rings. The fourth-order valence-electron chi connectivity index (χ4n) is 2.32. The van der Waals surface area contributed by atoms with Gasteiger partial charge in [0.15, 0.2) is 0 Å². The van der Waals surface area contributed by atoms with Crippen LogP contribution in [0.25, 0.3) is 0 Å². The van der Waals surface area contributed by atoms with Gasteiger partial charge in [0.1, 0.15) is 18.1 Å². The molecule has 3 rings (SSSR count). The highest BCUT2D eigenvalue weighted by atomic mass is 19.4. The predicted molar refractivity (Wildman–Crippen MR) is 97.1 cm³/mol. The molecule has 0 radical (unpaired) electrons. The van der Waals surface area contributed by atoms with E-state index in [-0.39, 0.29) is 23.9 Å². The molecule has 0 aliphatic rings. The second kappa shape index (κ2) is 9.05. The van der Waals surface area contributed by atoms with Crippen LogP contribution in [0, 0.1) is 0 Å². The van der Waals surface area contributed by atoms with Gasteiger partial charge in [-0.05, 0) is 23.3 Å². The Balaban J connectivity index is 1.49. The lowest BCUT2D eigenvalue weighted by molar-refractivity contribution is -0.274. The Morgan fingerprint density at radius 2 is 1.66 bits per heavy atom. The van der Waals surface area contributed by atoms with Crippen molar-refractivity contribution in [2.75, 3.05) is 0 Å². The van der Waals surface area contributed by atoms with E-state index in [0.717, 1.165) is 5.56 Å². The number of alkyl halides is 3. The first-order valence-electron chi connectivity index (χ1n) is 8.51. The number of hydrogen-bond acceptors (Lipinski definition) is 5. The molecule has 29 heavy (non-hydrogen) atoms. The lowest BCUT2D eigenvalue weighted by Gasteiger charge is -2.10. The second-order valence-electron chi connectivity index (χ2n) is 5.89. The number of aromatic nitrogens is 2. The van der Waals surface area contributed by atoms with Gasteiger partial charge >= 0.3 is 6.36 Å². The molecule has 0 aliphatic heterocycles. The first-order chi connectivity index (χ1) is 13.9. The lowest BCUT2D eigenvalue weighted by Crippen LogP contribution is -2.24. The molecule has 0 aliphatic carbocycles. The molecular formula is C20H16F3N3O3. The third-order valence-electron chi connectivity index (χ3n) is 3.70. The van der Waals surface area contributed by atoms with E-state index < -0.39 is 12.3 Å². The summed E-state index contributed by atoms with van der Waals surface area (Å²) in [5.74, 6) is -0.516. The van der Waals surface area contributed by atoms with Crippen LogP contribution in [0.2, 0.25) is 0 Å². The average Bonchev–Trinajstić information content (AvgIpc) is 2.71. The van der Waals surface area contributed by atoms with Gasteiger partial charge < -0.3 is 14.8 Å². The van der Waals surface area contributed by atoms with Gasteiger partial charge in [-0.3, -0.25) is 4.79 Å². The highest BCUT2D eigenvalue weighted by Gasteiger charge is 2.30. The number of nitrogens with zero attached hydrogens (tertiary/aromatic N) is 2. The highest BCUT2D eigenvalue weighted by Crippen LogP contribution is 2.22. The molecule has 0 unspecified atom stereocenters. The summed E-state index contributed by atoms with van der Waals surface area (Å²) in [5.41, 5.74) is 1.67. The van der Waals surface area contributed by atoms with Gasteiger partial charge in [-0.15, -0.1) is 13.2 Å². The van der Waals surface area contributed by atoms with Crippen molar-refractivity contribution in [2.24, 2.45) is 0 Å². The van der Waals surface area contributed by atoms with E-state index in [1.165, 1.54) is 36.7 Å². The van der Waals surface area contributed by atoms with Crippen LogP contribution in [0.4, 0.5) is 13.2 Å². The van der Waals surface area contributed by atoms with E-state index in [0.29, 0.717) is 12.2 Å². The summed E-state index contributed by atoms with van der Waals surface area (Å²) in [4.78, 5) is 20.2. The minimum Gasteiger partial charge on any atom is -0.472 e. The molecule has 0 saturated carbocycles. The molecule has 1 amide bonds. The zero-order chi connectivity index (χ0) is 20.7. The van der Waals surface area contributed by atoms with Crippen LogP contribution >= 0.6 is 0 Å². The van der Waals surface area contributed by atoms with Gasteiger partial charge in [-0.25, -0.2) is 9.97 Å². The molecule has 0 spiro atoms. The molecule has 0 atom stereocenters. The summed E-state index contributed by atoms with van der Waals surface area (Å²) in [7, 11) is 0. The molecule has 9 heteroatoms. The van der Waals surface area contributed by atoms with E-state index in [9.17, 15) is 18.0 Å². The number of benzene rings is 2. The first kappa shape index (κ1) is 20.1. The maximum Gasteiger partial charge on any atom is 0.573 e. The van der Waals surface area contributed by atoms with Crippen LogP contribution in [0.15, 0.2) is 67.0 Å². The zero-order valence-corrected chi connectivity index (χ0v) is 15.0. The van der Waals surface area contributed by atoms with Gasteiger partial charge in [-0.1, -0.05) is 42.5 Å². The Morgan fingerprint density at radius 1 is 0.931 bits per heavy atom. The molecule has 3 aromatic rings. The average molecular weight is 403 g/mol. The maximum atomic E-state index is 12.1. The molecule has 1 N–H and O–H groups in total. The van der Waals surface area contributed by atoms with Crippen molar-refractivity contribution >= 4 is 5.91 Å². The molecule has 1 heterocycles. The molecule has 2 aromatic carbocycles. The van der Waals surface area contributed by atoms with Gasteiger partial charge in [0, 0.05) is 6.54 Å². The number of nitrogens with one attached hydrogen (secondary N) is 1. The van der Waals surface area contributed by atoms with Crippen LogP contribution < -0.4 is 14.8 Å². The normalized spacial score (nSPS) is 11.0. The number of rotatable bonds is 7. The van der Waals surface area contributed by atoms with Crippen molar-refractivity contribution < 1.29 is 27.4 Å². The number of halogens is 3. The van der Waals surface area contributed by atoms with Crippen molar-refractivity contribution in [1.29, 1.82) is 0 Å². The van der Waals surface area contributed by atoms with Gasteiger partial charge in [0.2, 0.25) is 5.88 Å². The van der Waals surface area contributed by atoms with Crippen molar-refractivity contribution in [3.8, 4) is 11.6 Å². The SMILES string of the molecule is O=C(NCc1ccc(OC(F)(F)F)cc1)c1cnc(OCc2ccccc2)cn1. The number of carbonyl (C=O) groups excluding carboxylic acids is 1. The van der Waals surface area contributed by atoms with Crippen LogP contribution in [0.1, 0.15) is 21.6 Å². The largest absolute Gasteiger partial charge is 0.573 e. The van der Waals surface area contributed by atoms with Gasteiger partial charge in [0.05, 0.1) is 12.4 Å². The fourth-order valence-corrected chi connectivity index (χ4v) is 2.32. The topological polar surface area (TPSA) is 73.3 Å². The predicted octanol–water partition coefficient (Wildman–Crippen LogP) is 3.88. The Bertz CT molecular complexity index is 931. The van der Waals surface area contributed by atoms with Crippen LogP contribution in [0.5, 0.6) is 11.6 Å². The smallest absolute Gasteiger partial charge is 0.472 e. The summed E-state index contributed by atoms with van der Waals surface area (Å²) in [6.07, 6.45) is -2.11. The number of amides is 1. The van der Waals surface area contributed by atoms with Crippen LogP contribution in [0.3, 0.4) is 0 Å². The molecular weight excluding hydrogens is 387 g/mol. The summed E-state index contributed by atoms with van der Waals surface area (Å²) in [6.45, 7) is 0.439. The highest BCUT2D eigenvalue weighted by molar-refractivity contribution is 5.91. The lowest BCUT2D eigenvalue weighted by atomic mass is 10.2. The quantitative estimate of drug-likeness (QED) is 0.648. The standard InChI is InChI=1S/C20H16F3N3O3/c21-20(22,23)29-16-8-6-14(7-9-16)10-26-19(27)17-11-25-18(12-24-17)28-13-15-4-2-1-3-5-15/h1-9,11-12H,10,13H2,(H,26,27). The Hall–Kier alpha value is -3.62. The van der Waals surface area contributed by atoms with E-state index >= 15 is 0 Å². The van der Waals surface area contributed by atoms with Gasteiger partial charge in [-0.2, -0.15) is 0 Å². The van der Waals surface area contributed by atoms with Gasteiger partial charge in [0.25, 0.3) is 5.91 Å².